The molecule has 0 saturated carbocycles. The van der Waals surface area contributed by atoms with Crippen molar-refractivity contribution in [3.63, 3.8) is 0 Å². The number of carbonyl (C=O) groups is 2. The zero-order chi connectivity index (χ0) is 21.2. The Morgan fingerprint density at radius 3 is 2.24 bits per heavy atom. The van der Waals surface area contributed by atoms with E-state index in [0.717, 1.165) is 16.7 Å². The van der Waals surface area contributed by atoms with Crippen LogP contribution in [0.3, 0.4) is 0 Å². The SMILES string of the molecule is CCNC(=O)[C@H](CC)N(Cc1ccc(C)cc1)C(=O)CSCc1ccc(F)cc1. The maximum Gasteiger partial charge on any atom is 0.242 e. The first-order valence-corrected chi connectivity index (χ1v) is 11.0. The normalized spacial score (nSPS) is 11.7. The molecule has 2 aromatic carbocycles. The van der Waals surface area contributed by atoms with Crippen molar-refractivity contribution in [3.8, 4) is 0 Å². The highest BCUT2D eigenvalue weighted by Crippen LogP contribution is 2.18. The van der Waals surface area contributed by atoms with Gasteiger partial charge in [-0.15, -0.1) is 11.8 Å². The Hall–Kier alpha value is -2.34. The largest absolute Gasteiger partial charge is 0.355 e. The summed E-state index contributed by atoms with van der Waals surface area (Å²) in [6.45, 7) is 6.73. The minimum atomic E-state index is -0.504. The van der Waals surface area contributed by atoms with Crippen LogP contribution in [-0.4, -0.2) is 35.1 Å². The number of aryl methyl sites for hydroxylation is 1. The van der Waals surface area contributed by atoms with Gasteiger partial charge >= 0.3 is 0 Å². The molecule has 0 unspecified atom stereocenters. The monoisotopic (exact) mass is 416 g/mol. The van der Waals surface area contributed by atoms with Crippen molar-refractivity contribution in [2.75, 3.05) is 12.3 Å². The van der Waals surface area contributed by atoms with Crippen LogP contribution in [0.2, 0.25) is 0 Å². The fourth-order valence-corrected chi connectivity index (χ4v) is 3.89. The van der Waals surface area contributed by atoms with E-state index >= 15 is 0 Å². The third-order valence-electron chi connectivity index (χ3n) is 4.62. The molecule has 0 aliphatic heterocycles. The van der Waals surface area contributed by atoms with Gasteiger partial charge in [0.1, 0.15) is 11.9 Å². The number of rotatable bonds is 10. The van der Waals surface area contributed by atoms with E-state index in [-0.39, 0.29) is 23.4 Å². The van der Waals surface area contributed by atoms with E-state index in [4.69, 9.17) is 0 Å². The van der Waals surface area contributed by atoms with Gasteiger partial charge in [0.2, 0.25) is 11.8 Å². The van der Waals surface area contributed by atoms with E-state index in [1.807, 2.05) is 45.0 Å². The van der Waals surface area contributed by atoms with Gasteiger partial charge in [0.25, 0.3) is 0 Å². The molecule has 6 heteroatoms. The Morgan fingerprint density at radius 2 is 1.66 bits per heavy atom. The predicted molar refractivity (Wildman–Crippen MR) is 117 cm³/mol. The van der Waals surface area contributed by atoms with Crippen molar-refractivity contribution in [1.29, 1.82) is 0 Å². The second-order valence-electron chi connectivity index (χ2n) is 6.95. The molecule has 4 nitrogen and oxygen atoms in total. The van der Waals surface area contributed by atoms with E-state index in [1.54, 1.807) is 17.0 Å². The number of carbonyl (C=O) groups excluding carboxylic acids is 2. The topological polar surface area (TPSA) is 49.4 Å². The van der Waals surface area contributed by atoms with Gasteiger partial charge in [-0.2, -0.15) is 0 Å². The zero-order valence-electron chi connectivity index (χ0n) is 17.3. The van der Waals surface area contributed by atoms with Gasteiger partial charge in [-0.3, -0.25) is 9.59 Å². The Morgan fingerprint density at radius 1 is 1.03 bits per heavy atom. The van der Waals surface area contributed by atoms with E-state index in [2.05, 4.69) is 5.32 Å². The number of nitrogens with one attached hydrogen (secondary N) is 1. The lowest BCUT2D eigenvalue weighted by Gasteiger charge is -2.30. The first-order chi connectivity index (χ1) is 13.9. The molecule has 0 aliphatic rings. The number of benzene rings is 2. The van der Waals surface area contributed by atoms with Gasteiger partial charge in [-0.25, -0.2) is 4.39 Å². The molecule has 0 fully saturated rings. The Bertz CT molecular complexity index is 794. The second-order valence-corrected chi connectivity index (χ2v) is 7.93. The van der Waals surface area contributed by atoms with E-state index in [1.165, 1.54) is 23.9 Å². The molecule has 1 atom stereocenters. The highest BCUT2D eigenvalue weighted by molar-refractivity contribution is 7.99. The van der Waals surface area contributed by atoms with E-state index in [9.17, 15) is 14.0 Å². The van der Waals surface area contributed by atoms with Crippen molar-refractivity contribution in [3.05, 3.63) is 71.0 Å². The lowest BCUT2D eigenvalue weighted by molar-refractivity contribution is -0.139. The molecule has 0 heterocycles. The Balaban J connectivity index is 2.08. The van der Waals surface area contributed by atoms with Crippen molar-refractivity contribution >= 4 is 23.6 Å². The van der Waals surface area contributed by atoms with Crippen molar-refractivity contribution in [2.45, 2.75) is 45.5 Å². The van der Waals surface area contributed by atoms with E-state index < -0.39 is 6.04 Å². The summed E-state index contributed by atoms with van der Waals surface area (Å²) in [4.78, 5) is 27.3. The summed E-state index contributed by atoms with van der Waals surface area (Å²) >= 11 is 1.47. The Labute approximate surface area is 176 Å². The smallest absolute Gasteiger partial charge is 0.242 e. The van der Waals surface area contributed by atoms with Crippen LogP contribution in [0.15, 0.2) is 48.5 Å². The van der Waals surface area contributed by atoms with E-state index in [0.29, 0.717) is 25.3 Å². The number of hydrogen-bond donors (Lipinski definition) is 1. The Kier molecular flexibility index (Phi) is 9.19. The molecule has 0 aromatic heterocycles. The molecular weight excluding hydrogens is 387 g/mol. The molecule has 2 aromatic rings. The number of likely N-dealkylation sites (N-methyl/N-ethyl adjacent to an activating group) is 1. The highest BCUT2D eigenvalue weighted by Gasteiger charge is 2.28. The summed E-state index contributed by atoms with van der Waals surface area (Å²) in [7, 11) is 0. The van der Waals surface area contributed by atoms with Crippen LogP contribution in [0, 0.1) is 12.7 Å². The first-order valence-electron chi connectivity index (χ1n) is 9.89. The highest BCUT2D eigenvalue weighted by atomic mass is 32.2. The third-order valence-corrected chi connectivity index (χ3v) is 5.61. The van der Waals surface area contributed by atoms with Crippen LogP contribution in [0.1, 0.15) is 37.0 Å². The molecule has 156 valence electrons. The van der Waals surface area contributed by atoms with Crippen LogP contribution in [0.25, 0.3) is 0 Å². The second kappa shape index (κ2) is 11.6. The number of thioether (sulfide) groups is 1. The maximum atomic E-state index is 13.0. The number of nitrogens with zero attached hydrogens (tertiary/aromatic N) is 1. The van der Waals surface area contributed by atoms with Gasteiger partial charge in [-0.05, 0) is 43.5 Å². The molecule has 0 saturated heterocycles. The standard InChI is InChI=1S/C23H29FN2O2S/c1-4-21(23(28)25-5-2)26(14-18-8-6-17(3)7-9-18)22(27)16-29-15-19-10-12-20(24)13-11-19/h6-13,21H,4-5,14-16H2,1-3H3,(H,25,28)/t21-/m0/s1. The molecule has 29 heavy (non-hydrogen) atoms. The molecule has 2 amide bonds. The van der Waals surface area contributed by atoms with Crippen molar-refractivity contribution in [2.24, 2.45) is 0 Å². The van der Waals surface area contributed by atoms with Gasteiger partial charge < -0.3 is 10.2 Å². The van der Waals surface area contributed by atoms with Crippen molar-refractivity contribution < 1.29 is 14.0 Å². The number of amides is 2. The molecule has 0 bridgehead atoms. The average molecular weight is 417 g/mol. The van der Waals surface area contributed by atoms with Gasteiger partial charge in [-0.1, -0.05) is 48.9 Å². The maximum absolute atomic E-state index is 13.0. The third kappa shape index (κ3) is 7.20. The zero-order valence-corrected chi connectivity index (χ0v) is 18.1. The van der Waals surface area contributed by atoms with Gasteiger partial charge in [0, 0.05) is 18.8 Å². The summed E-state index contributed by atoms with van der Waals surface area (Å²) < 4.78 is 13.0. The fourth-order valence-electron chi connectivity index (χ4n) is 3.02. The molecule has 0 radical (unpaired) electrons. The average Bonchev–Trinajstić information content (AvgIpc) is 2.71. The molecular formula is C23H29FN2O2S. The van der Waals surface area contributed by atoms with Crippen LogP contribution >= 0.6 is 11.8 Å². The lowest BCUT2D eigenvalue weighted by atomic mass is 10.1. The molecule has 1 N–H and O–H groups in total. The molecule has 0 spiro atoms. The fraction of sp³-hybridized carbons (Fsp3) is 0.391. The molecule has 0 aliphatic carbocycles. The first kappa shape index (κ1) is 22.9. The van der Waals surface area contributed by atoms with Crippen LogP contribution in [0.4, 0.5) is 4.39 Å². The van der Waals surface area contributed by atoms with Crippen LogP contribution in [0.5, 0.6) is 0 Å². The van der Waals surface area contributed by atoms with Gasteiger partial charge in [0.15, 0.2) is 0 Å². The minimum Gasteiger partial charge on any atom is -0.355 e. The molecule has 2 rings (SSSR count). The summed E-state index contributed by atoms with van der Waals surface area (Å²) in [6, 6.07) is 13.8. The summed E-state index contributed by atoms with van der Waals surface area (Å²) in [5, 5.41) is 2.84. The quantitative estimate of drug-likeness (QED) is 0.628. The lowest BCUT2D eigenvalue weighted by Crippen LogP contribution is -2.49. The number of halogens is 1. The summed E-state index contributed by atoms with van der Waals surface area (Å²) in [5.41, 5.74) is 3.11. The minimum absolute atomic E-state index is 0.0733. The van der Waals surface area contributed by atoms with Gasteiger partial charge in [0.05, 0.1) is 5.75 Å². The van der Waals surface area contributed by atoms with Crippen LogP contribution in [-0.2, 0) is 21.9 Å². The summed E-state index contributed by atoms with van der Waals surface area (Å²) in [5.74, 6) is 0.406. The summed E-state index contributed by atoms with van der Waals surface area (Å²) in [6.07, 6.45) is 0.548. The van der Waals surface area contributed by atoms with Crippen LogP contribution < -0.4 is 5.32 Å². The number of hydrogen-bond acceptors (Lipinski definition) is 3. The van der Waals surface area contributed by atoms with Crippen molar-refractivity contribution in [1.82, 2.24) is 10.2 Å². The predicted octanol–water partition coefficient (Wildman–Crippen LogP) is 4.31.